The summed E-state index contributed by atoms with van der Waals surface area (Å²) in [5.41, 5.74) is 10.6. The van der Waals surface area contributed by atoms with Gasteiger partial charge in [0.25, 0.3) is 5.56 Å². The van der Waals surface area contributed by atoms with Crippen LogP contribution in [0.5, 0.6) is 0 Å². The van der Waals surface area contributed by atoms with E-state index >= 15 is 0 Å². The molecule has 3 heterocycles. The molecule has 0 bridgehead atoms. The minimum atomic E-state index is -0.127. The molecule has 8 nitrogen and oxygen atoms in total. The van der Waals surface area contributed by atoms with Gasteiger partial charge in [-0.25, -0.2) is 14.5 Å². The van der Waals surface area contributed by atoms with Crippen LogP contribution in [-0.4, -0.2) is 30.8 Å². The number of nitrogens with zero attached hydrogens (tertiary/aromatic N) is 5. The molecule has 1 amide bonds. The van der Waals surface area contributed by atoms with E-state index in [0.717, 1.165) is 40.1 Å². The van der Waals surface area contributed by atoms with Crippen LogP contribution in [0, 0.1) is 0 Å². The van der Waals surface area contributed by atoms with E-state index in [9.17, 15) is 9.59 Å². The van der Waals surface area contributed by atoms with Crippen molar-refractivity contribution >= 4 is 17.4 Å². The predicted molar refractivity (Wildman–Crippen MR) is 161 cm³/mol. The van der Waals surface area contributed by atoms with Gasteiger partial charge < -0.3 is 0 Å². The topological polar surface area (TPSA) is 93.6 Å². The van der Waals surface area contributed by atoms with Gasteiger partial charge in [0.2, 0.25) is 11.7 Å². The van der Waals surface area contributed by atoms with Crippen LogP contribution in [0.1, 0.15) is 67.5 Å². The zero-order valence-electron chi connectivity index (χ0n) is 23.5. The highest BCUT2D eigenvalue weighted by Gasteiger charge is 2.23. The van der Waals surface area contributed by atoms with Crippen molar-refractivity contribution in [3.8, 4) is 16.8 Å². The van der Waals surface area contributed by atoms with Gasteiger partial charge in [-0.15, -0.1) is 0 Å². The van der Waals surface area contributed by atoms with Gasteiger partial charge in [-0.05, 0) is 52.8 Å². The van der Waals surface area contributed by atoms with E-state index in [-0.39, 0.29) is 17.9 Å². The molecule has 0 aliphatic carbocycles. The molecule has 1 aliphatic heterocycles. The standard InChI is InChI=1S/C33H32N6O2/c1-4-8-30-28(32(41)38(33-34-20-35-39(30)33)25-14-12-23(13-15-25)21(2)3)18-22-11-16-26(24-9-6-5-7-10-24)27(17-22)29-19-31(40)37-36-29/h5-7,9-17,20-21H,4,8,18-19H2,1-3H3,(H,37,40). The van der Waals surface area contributed by atoms with Crippen LogP contribution >= 0.6 is 0 Å². The Morgan fingerprint density at radius 1 is 0.951 bits per heavy atom. The van der Waals surface area contributed by atoms with Gasteiger partial charge in [-0.2, -0.15) is 15.2 Å². The highest BCUT2D eigenvalue weighted by molar-refractivity contribution is 6.16. The van der Waals surface area contributed by atoms with Crippen LogP contribution in [0.2, 0.25) is 0 Å². The van der Waals surface area contributed by atoms with Crippen LogP contribution in [0.4, 0.5) is 0 Å². The van der Waals surface area contributed by atoms with Gasteiger partial charge in [-0.1, -0.05) is 81.8 Å². The number of hydrazone groups is 1. The Hall–Kier alpha value is -4.85. The van der Waals surface area contributed by atoms with E-state index in [4.69, 9.17) is 0 Å². The number of aryl methyl sites for hydroxylation is 1. The first-order valence-corrected chi connectivity index (χ1v) is 14.1. The summed E-state index contributed by atoms with van der Waals surface area (Å²) < 4.78 is 3.47. The number of benzene rings is 3. The van der Waals surface area contributed by atoms with Crippen molar-refractivity contribution in [3.63, 3.8) is 0 Å². The number of carbonyl (C=O) groups excluding carboxylic acids is 1. The van der Waals surface area contributed by atoms with Crippen LogP contribution in [0.3, 0.4) is 0 Å². The summed E-state index contributed by atoms with van der Waals surface area (Å²) >= 11 is 0. The number of fused-ring (bicyclic) bond motifs is 1. The van der Waals surface area contributed by atoms with E-state index in [0.29, 0.717) is 35.8 Å². The Bertz CT molecular complexity index is 1830. The molecule has 6 rings (SSSR count). The van der Waals surface area contributed by atoms with Gasteiger partial charge in [-0.3, -0.25) is 9.59 Å². The molecule has 5 aromatic rings. The maximum Gasteiger partial charge on any atom is 0.263 e. The molecular formula is C33H32N6O2. The number of nitrogens with one attached hydrogen (secondary N) is 1. The van der Waals surface area contributed by atoms with Crippen LogP contribution < -0.4 is 11.0 Å². The smallest absolute Gasteiger partial charge is 0.263 e. The quantitative estimate of drug-likeness (QED) is 0.282. The maximum atomic E-state index is 14.3. The second-order valence-electron chi connectivity index (χ2n) is 10.7. The average Bonchev–Trinajstić information content (AvgIpc) is 3.65. The van der Waals surface area contributed by atoms with E-state index in [2.05, 4.69) is 71.7 Å². The molecule has 1 N–H and O–H groups in total. The fourth-order valence-corrected chi connectivity index (χ4v) is 5.50. The predicted octanol–water partition coefficient (Wildman–Crippen LogP) is 5.44. The molecule has 0 fully saturated rings. The second kappa shape index (κ2) is 11.0. The zero-order valence-corrected chi connectivity index (χ0v) is 23.5. The van der Waals surface area contributed by atoms with Crippen molar-refractivity contribution < 1.29 is 4.79 Å². The third-order valence-electron chi connectivity index (χ3n) is 7.60. The molecule has 0 atom stereocenters. The zero-order chi connectivity index (χ0) is 28.5. The monoisotopic (exact) mass is 544 g/mol. The van der Waals surface area contributed by atoms with Crippen LogP contribution in [0.25, 0.3) is 22.6 Å². The highest BCUT2D eigenvalue weighted by atomic mass is 16.2. The summed E-state index contributed by atoms with van der Waals surface area (Å²) in [5.74, 6) is 0.765. The molecule has 41 heavy (non-hydrogen) atoms. The number of aromatic nitrogens is 4. The molecule has 0 unspecified atom stereocenters. The molecule has 0 radical (unpaired) electrons. The van der Waals surface area contributed by atoms with Crippen molar-refractivity contribution in [2.24, 2.45) is 5.10 Å². The number of hydrogen-bond acceptors (Lipinski definition) is 5. The molecule has 8 heteroatoms. The van der Waals surface area contributed by atoms with Crippen molar-refractivity contribution in [3.05, 3.63) is 117 Å². The minimum Gasteiger partial charge on any atom is -0.273 e. The fourth-order valence-electron chi connectivity index (χ4n) is 5.50. The summed E-state index contributed by atoms with van der Waals surface area (Å²) in [6, 6.07) is 24.3. The largest absolute Gasteiger partial charge is 0.273 e. The number of amides is 1. The van der Waals surface area contributed by atoms with Crippen molar-refractivity contribution in [1.82, 2.24) is 24.6 Å². The van der Waals surface area contributed by atoms with Gasteiger partial charge in [0.1, 0.15) is 6.33 Å². The Labute approximate surface area is 238 Å². The van der Waals surface area contributed by atoms with Crippen LogP contribution in [0.15, 0.2) is 89.0 Å². The number of rotatable bonds is 8. The minimum absolute atomic E-state index is 0.102. The first-order chi connectivity index (χ1) is 19.9. The first-order valence-electron chi connectivity index (χ1n) is 14.1. The molecule has 1 aliphatic rings. The molecule has 206 valence electrons. The molecule has 2 aromatic heterocycles. The Balaban J connectivity index is 1.50. The fraction of sp³-hybridized carbons (Fsp3) is 0.242. The molecule has 0 saturated heterocycles. The Kier molecular flexibility index (Phi) is 7.05. The summed E-state index contributed by atoms with van der Waals surface area (Å²) in [6.07, 6.45) is 3.68. The van der Waals surface area contributed by atoms with Gasteiger partial charge >= 0.3 is 0 Å². The summed E-state index contributed by atoms with van der Waals surface area (Å²) in [7, 11) is 0. The third kappa shape index (κ3) is 4.97. The third-order valence-corrected chi connectivity index (χ3v) is 7.60. The molecule has 3 aromatic carbocycles. The Morgan fingerprint density at radius 2 is 1.73 bits per heavy atom. The van der Waals surface area contributed by atoms with Crippen molar-refractivity contribution in [1.29, 1.82) is 0 Å². The SMILES string of the molecule is CCCc1c(Cc2ccc(-c3ccccc3)c(C3=NNC(=O)C3)c2)c(=O)n(-c2ccc(C(C)C)cc2)c2ncnn12. The molecular weight excluding hydrogens is 512 g/mol. The number of hydrogen-bond donors (Lipinski definition) is 1. The van der Waals surface area contributed by atoms with Crippen molar-refractivity contribution in [2.75, 3.05) is 0 Å². The van der Waals surface area contributed by atoms with E-state index in [1.54, 1.807) is 9.08 Å². The normalized spacial score (nSPS) is 13.2. The summed E-state index contributed by atoms with van der Waals surface area (Å²) in [4.78, 5) is 30.8. The maximum absolute atomic E-state index is 14.3. The van der Waals surface area contributed by atoms with E-state index in [1.807, 2.05) is 42.5 Å². The molecule has 0 saturated carbocycles. The second-order valence-corrected chi connectivity index (χ2v) is 10.7. The average molecular weight is 545 g/mol. The Morgan fingerprint density at radius 3 is 2.41 bits per heavy atom. The summed E-state index contributed by atoms with van der Waals surface area (Å²) in [6.45, 7) is 6.39. The lowest BCUT2D eigenvalue weighted by Gasteiger charge is -2.17. The number of carbonyl (C=O) groups is 1. The van der Waals surface area contributed by atoms with Gasteiger partial charge in [0.15, 0.2) is 0 Å². The summed E-state index contributed by atoms with van der Waals surface area (Å²) in [5, 5.41) is 8.86. The molecule has 0 spiro atoms. The van der Waals surface area contributed by atoms with Gasteiger partial charge in [0, 0.05) is 17.5 Å². The lowest BCUT2D eigenvalue weighted by molar-refractivity contribution is -0.119. The van der Waals surface area contributed by atoms with Crippen molar-refractivity contribution in [2.45, 2.75) is 52.4 Å². The lowest BCUT2D eigenvalue weighted by Crippen LogP contribution is -2.28. The van der Waals surface area contributed by atoms with E-state index in [1.165, 1.54) is 11.9 Å². The lowest BCUT2D eigenvalue weighted by atomic mass is 9.91. The van der Waals surface area contributed by atoms with Crippen LogP contribution in [-0.2, 0) is 17.6 Å². The van der Waals surface area contributed by atoms with Gasteiger partial charge in [0.05, 0.1) is 23.5 Å². The first kappa shape index (κ1) is 26.4. The highest BCUT2D eigenvalue weighted by Crippen LogP contribution is 2.28. The van der Waals surface area contributed by atoms with E-state index < -0.39 is 0 Å².